The van der Waals surface area contributed by atoms with Crippen LogP contribution in [0.15, 0.2) is 16.6 Å². The maximum Gasteiger partial charge on any atom is 0.251 e. The lowest BCUT2D eigenvalue weighted by atomic mass is 10.2. The van der Waals surface area contributed by atoms with Crippen LogP contribution in [-0.4, -0.2) is 26.2 Å². The predicted octanol–water partition coefficient (Wildman–Crippen LogP) is 2.62. The standard InChI is InChI=1S/C10H10BrClFNO2/c1-16-3-2-14-10(15)6-4-7(11)9(12)8(13)5-6/h4-5H,2-3H2,1H3,(H,14,15). The monoisotopic (exact) mass is 309 g/mol. The molecule has 0 radical (unpaired) electrons. The van der Waals surface area contributed by atoms with Crippen molar-refractivity contribution in [1.29, 1.82) is 0 Å². The molecule has 3 nitrogen and oxygen atoms in total. The first-order chi connectivity index (χ1) is 7.56. The molecule has 1 aromatic carbocycles. The molecule has 1 rings (SSSR count). The van der Waals surface area contributed by atoms with Crippen LogP contribution in [0.25, 0.3) is 0 Å². The fourth-order valence-corrected chi connectivity index (χ4v) is 1.60. The van der Waals surface area contributed by atoms with Gasteiger partial charge in [0, 0.05) is 23.7 Å². The zero-order valence-corrected chi connectivity index (χ0v) is 10.9. The van der Waals surface area contributed by atoms with Crippen LogP contribution in [-0.2, 0) is 4.74 Å². The van der Waals surface area contributed by atoms with Crippen molar-refractivity contribution in [2.45, 2.75) is 0 Å². The highest BCUT2D eigenvalue weighted by molar-refractivity contribution is 9.10. The summed E-state index contributed by atoms with van der Waals surface area (Å²) in [7, 11) is 1.53. The van der Waals surface area contributed by atoms with Gasteiger partial charge in [-0.3, -0.25) is 4.79 Å². The molecule has 0 bridgehead atoms. The van der Waals surface area contributed by atoms with Crippen LogP contribution < -0.4 is 5.32 Å². The highest BCUT2D eigenvalue weighted by atomic mass is 79.9. The maximum absolute atomic E-state index is 13.2. The number of carbonyl (C=O) groups excluding carboxylic acids is 1. The van der Waals surface area contributed by atoms with Gasteiger partial charge in [-0.05, 0) is 28.1 Å². The minimum atomic E-state index is -0.632. The number of hydrogen-bond acceptors (Lipinski definition) is 2. The molecule has 0 aliphatic rings. The van der Waals surface area contributed by atoms with E-state index in [9.17, 15) is 9.18 Å². The Balaban J connectivity index is 2.76. The van der Waals surface area contributed by atoms with Gasteiger partial charge >= 0.3 is 0 Å². The minimum Gasteiger partial charge on any atom is -0.383 e. The number of methoxy groups -OCH3 is 1. The van der Waals surface area contributed by atoms with Gasteiger partial charge in [0.2, 0.25) is 0 Å². The first kappa shape index (κ1) is 13.4. The quantitative estimate of drug-likeness (QED) is 0.686. The Morgan fingerprint density at radius 1 is 1.62 bits per heavy atom. The van der Waals surface area contributed by atoms with Crippen molar-refractivity contribution in [2.75, 3.05) is 20.3 Å². The van der Waals surface area contributed by atoms with E-state index in [4.69, 9.17) is 16.3 Å². The Kier molecular flexibility index (Phi) is 5.18. The Hall–Kier alpha value is -0.650. The van der Waals surface area contributed by atoms with Gasteiger partial charge in [-0.15, -0.1) is 0 Å². The highest BCUT2D eigenvalue weighted by Gasteiger charge is 2.11. The van der Waals surface area contributed by atoms with Crippen molar-refractivity contribution in [3.63, 3.8) is 0 Å². The Morgan fingerprint density at radius 3 is 2.88 bits per heavy atom. The summed E-state index contributed by atoms with van der Waals surface area (Å²) in [4.78, 5) is 11.5. The number of carbonyl (C=O) groups is 1. The van der Waals surface area contributed by atoms with Gasteiger partial charge in [0.25, 0.3) is 5.91 Å². The molecule has 0 atom stereocenters. The van der Waals surface area contributed by atoms with Crippen LogP contribution in [0.1, 0.15) is 10.4 Å². The molecule has 0 spiro atoms. The lowest BCUT2D eigenvalue weighted by Crippen LogP contribution is -2.27. The number of amides is 1. The second kappa shape index (κ2) is 6.18. The van der Waals surface area contributed by atoms with Gasteiger partial charge in [0.1, 0.15) is 5.82 Å². The van der Waals surface area contributed by atoms with E-state index in [0.29, 0.717) is 17.6 Å². The van der Waals surface area contributed by atoms with E-state index in [1.165, 1.54) is 13.2 Å². The Bertz CT molecular complexity index is 377. The predicted molar refractivity (Wildman–Crippen MR) is 63.3 cm³/mol. The Labute approximate surface area is 106 Å². The number of hydrogen-bond donors (Lipinski definition) is 1. The fourth-order valence-electron chi connectivity index (χ4n) is 1.06. The summed E-state index contributed by atoms with van der Waals surface area (Å²) in [6.45, 7) is 0.778. The molecular formula is C10H10BrClFNO2. The van der Waals surface area contributed by atoms with Crippen molar-refractivity contribution < 1.29 is 13.9 Å². The van der Waals surface area contributed by atoms with Crippen LogP contribution in [0.5, 0.6) is 0 Å². The zero-order chi connectivity index (χ0) is 12.1. The second-order valence-electron chi connectivity index (χ2n) is 3.00. The lowest BCUT2D eigenvalue weighted by molar-refractivity contribution is 0.0936. The lowest BCUT2D eigenvalue weighted by Gasteiger charge is -2.06. The van der Waals surface area contributed by atoms with Gasteiger partial charge in [0.15, 0.2) is 0 Å². The van der Waals surface area contributed by atoms with E-state index in [2.05, 4.69) is 21.2 Å². The SMILES string of the molecule is COCCNC(=O)c1cc(F)c(Cl)c(Br)c1. The number of benzene rings is 1. The molecule has 0 fully saturated rings. The van der Waals surface area contributed by atoms with Crippen molar-refractivity contribution >= 4 is 33.4 Å². The molecule has 16 heavy (non-hydrogen) atoms. The molecule has 0 aliphatic heterocycles. The number of halogens is 3. The molecule has 0 aromatic heterocycles. The molecular weight excluding hydrogens is 300 g/mol. The van der Waals surface area contributed by atoms with E-state index in [1.54, 1.807) is 0 Å². The van der Waals surface area contributed by atoms with E-state index < -0.39 is 5.82 Å². The number of ether oxygens (including phenoxy) is 1. The maximum atomic E-state index is 13.2. The average molecular weight is 311 g/mol. The molecule has 0 saturated heterocycles. The fraction of sp³-hybridized carbons (Fsp3) is 0.300. The third kappa shape index (κ3) is 3.43. The third-order valence-corrected chi connectivity index (χ3v) is 3.08. The van der Waals surface area contributed by atoms with Crippen LogP contribution in [0, 0.1) is 5.82 Å². The van der Waals surface area contributed by atoms with Gasteiger partial charge in [-0.25, -0.2) is 4.39 Å². The van der Waals surface area contributed by atoms with Crippen molar-refractivity contribution in [3.05, 3.63) is 33.0 Å². The first-order valence-corrected chi connectivity index (χ1v) is 5.65. The molecule has 0 unspecified atom stereocenters. The molecule has 1 aromatic rings. The number of nitrogens with one attached hydrogen (secondary N) is 1. The summed E-state index contributed by atoms with van der Waals surface area (Å²) in [6, 6.07) is 2.56. The molecule has 0 heterocycles. The van der Waals surface area contributed by atoms with Crippen molar-refractivity contribution in [3.8, 4) is 0 Å². The summed E-state index contributed by atoms with van der Waals surface area (Å²) >= 11 is 8.68. The summed E-state index contributed by atoms with van der Waals surface area (Å²) in [5.74, 6) is -0.999. The molecule has 6 heteroatoms. The summed E-state index contributed by atoms with van der Waals surface area (Å²) in [5.41, 5.74) is 0.213. The van der Waals surface area contributed by atoms with E-state index in [1.807, 2.05) is 0 Å². The third-order valence-electron chi connectivity index (χ3n) is 1.84. The minimum absolute atomic E-state index is 0.0339. The van der Waals surface area contributed by atoms with Gasteiger partial charge in [-0.1, -0.05) is 11.6 Å². The van der Waals surface area contributed by atoms with Crippen molar-refractivity contribution in [1.82, 2.24) is 5.32 Å². The molecule has 0 aliphatic carbocycles. The topological polar surface area (TPSA) is 38.3 Å². The van der Waals surface area contributed by atoms with Gasteiger partial charge < -0.3 is 10.1 Å². The Morgan fingerprint density at radius 2 is 2.31 bits per heavy atom. The van der Waals surface area contributed by atoms with Crippen LogP contribution >= 0.6 is 27.5 Å². The van der Waals surface area contributed by atoms with Gasteiger partial charge in [-0.2, -0.15) is 0 Å². The molecule has 1 amide bonds. The highest BCUT2D eigenvalue weighted by Crippen LogP contribution is 2.26. The van der Waals surface area contributed by atoms with Crippen LogP contribution in [0.4, 0.5) is 4.39 Å². The largest absolute Gasteiger partial charge is 0.383 e. The summed E-state index contributed by atoms with van der Waals surface area (Å²) in [5, 5.41) is 2.55. The first-order valence-electron chi connectivity index (χ1n) is 4.48. The zero-order valence-electron chi connectivity index (χ0n) is 8.52. The molecule has 0 saturated carbocycles. The average Bonchev–Trinajstić information content (AvgIpc) is 2.25. The van der Waals surface area contributed by atoms with E-state index in [0.717, 1.165) is 6.07 Å². The molecule has 88 valence electrons. The number of rotatable bonds is 4. The van der Waals surface area contributed by atoms with Crippen molar-refractivity contribution in [2.24, 2.45) is 0 Å². The second-order valence-corrected chi connectivity index (χ2v) is 4.23. The summed E-state index contributed by atoms with van der Waals surface area (Å²) < 4.78 is 18.4. The normalized spacial score (nSPS) is 10.2. The van der Waals surface area contributed by atoms with Crippen LogP contribution in [0.2, 0.25) is 5.02 Å². The van der Waals surface area contributed by atoms with Gasteiger partial charge in [0.05, 0.1) is 11.6 Å². The smallest absolute Gasteiger partial charge is 0.251 e. The van der Waals surface area contributed by atoms with E-state index in [-0.39, 0.29) is 16.5 Å². The summed E-state index contributed by atoms with van der Waals surface area (Å²) in [6.07, 6.45) is 0. The molecule has 1 N–H and O–H groups in total. The van der Waals surface area contributed by atoms with Crippen LogP contribution in [0.3, 0.4) is 0 Å². The van der Waals surface area contributed by atoms with E-state index >= 15 is 0 Å².